The molecule has 2 aliphatic heterocycles. The number of hydrogen-bond acceptors (Lipinski definition) is 3. The van der Waals surface area contributed by atoms with Crippen molar-refractivity contribution < 1.29 is 13.6 Å². The molecule has 29 heavy (non-hydrogen) atoms. The lowest BCUT2D eigenvalue weighted by Gasteiger charge is -2.46. The summed E-state index contributed by atoms with van der Waals surface area (Å²) >= 11 is 0. The summed E-state index contributed by atoms with van der Waals surface area (Å²) in [5.41, 5.74) is 2.89. The van der Waals surface area contributed by atoms with Gasteiger partial charge in [0, 0.05) is 49.5 Å². The molecule has 0 aromatic heterocycles. The summed E-state index contributed by atoms with van der Waals surface area (Å²) in [5, 5.41) is 2.75. The second kappa shape index (κ2) is 8.91. The van der Waals surface area contributed by atoms with Crippen LogP contribution in [0.3, 0.4) is 0 Å². The lowest BCUT2D eigenvalue weighted by Crippen LogP contribution is -2.55. The van der Waals surface area contributed by atoms with E-state index in [1.165, 1.54) is 17.7 Å². The zero-order valence-corrected chi connectivity index (χ0v) is 16.5. The molecule has 2 heterocycles. The van der Waals surface area contributed by atoms with Gasteiger partial charge in [0.05, 0.1) is 0 Å². The summed E-state index contributed by atoms with van der Waals surface area (Å²) in [6.07, 6.45) is 4.18. The van der Waals surface area contributed by atoms with Crippen molar-refractivity contribution in [3.63, 3.8) is 0 Å². The molecule has 0 bridgehead atoms. The fraction of sp³-hybridized carbons (Fsp3) is 0.435. The van der Waals surface area contributed by atoms with Crippen LogP contribution in [0.1, 0.15) is 35.2 Å². The minimum atomic E-state index is -0.736. The summed E-state index contributed by atoms with van der Waals surface area (Å²) in [5.74, 6) is -1.91. The van der Waals surface area contributed by atoms with Gasteiger partial charge in [0.25, 0.3) is 5.91 Å². The van der Waals surface area contributed by atoms with Crippen LogP contribution in [0.15, 0.2) is 42.5 Å². The Bertz CT molecular complexity index is 853. The molecule has 1 N–H and O–H groups in total. The Kier molecular flexibility index (Phi) is 6.09. The van der Waals surface area contributed by atoms with Crippen LogP contribution in [-0.4, -0.2) is 49.6 Å². The van der Waals surface area contributed by atoms with Crippen LogP contribution in [0, 0.1) is 11.6 Å². The number of unbranched alkanes of at least 4 members (excludes halogenated alkanes) is 1. The highest BCUT2D eigenvalue weighted by atomic mass is 19.1. The fourth-order valence-electron chi connectivity index (χ4n) is 4.46. The second-order valence-electron chi connectivity index (χ2n) is 7.94. The molecule has 6 heteroatoms. The minimum absolute atomic E-state index is 0.0243. The molecule has 154 valence electrons. The number of aryl methyl sites for hydroxylation is 1. The van der Waals surface area contributed by atoms with Crippen molar-refractivity contribution in [3.05, 3.63) is 65.2 Å². The number of nitrogens with one attached hydrogen (secondary N) is 1. The predicted octanol–water partition coefficient (Wildman–Crippen LogP) is 3.61. The Labute approximate surface area is 170 Å². The summed E-state index contributed by atoms with van der Waals surface area (Å²) in [6.45, 7) is 4.72. The van der Waals surface area contributed by atoms with Gasteiger partial charge in [-0.05, 0) is 56.0 Å². The number of carbonyl (C=O) groups excluding carboxylic acids is 1. The van der Waals surface area contributed by atoms with Gasteiger partial charge in [-0.25, -0.2) is 8.78 Å². The van der Waals surface area contributed by atoms with E-state index in [0.29, 0.717) is 12.6 Å². The number of piperazine rings is 1. The molecule has 1 amide bonds. The van der Waals surface area contributed by atoms with E-state index >= 15 is 0 Å². The smallest absolute Gasteiger partial charge is 0.251 e. The number of fused-ring (bicyclic) bond motifs is 3. The number of anilines is 1. The number of para-hydroxylation sites is 1. The average Bonchev–Trinajstić information content (AvgIpc) is 2.72. The molecule has 2 aromatic carbocycles. The number of nitrogens with zero attached hydrogens (tertiary/aromatic N) is 2. The van der Waals surface area contributed by atoms with Crippen molar-refractivity contribution in [1.82, 2.24) is 10.2 Å². The van der Waals surface area contributed by atoms with Gasteiger partial charge in [0.15, 0.2) is 0 Å². The first-order valence-corrected chi connectivity index (χ1v) is 10.4. The van der Waals surface area contributed by atoms with Gasteiger partial charge < -0.3 is 10.2 Å². The molecule has 1 unspecified atom stereocenters. The van der Waals surface area contributed by atoms with E-state index in [4.69, 9.17) is 0 Å². The third-order valence-electron chi connectivity index (χ3n) is 5.93. The van der Waals surface area contributed by atoms with Gasteiger partial charge in [-0.2, -0.15) is 0 Å². The van der Waals surface area contributed by atoms with E-state index in [2.05, 4.69) is 39.4 Å². The molecule has 0 spiro atoms. The highest BCUT2D eigenvalue weighted by Gasteiger charge is 2.30. The Hall–Kier alpha value is -2.47. The molecule has 0 radical (unpaired) electrons. The van der Waals surface area contributed by atoms with Gasteiger partial charge in [-0.15, -0.1) is 0 Å². The number of amides is 1. The van der Waals surface area contributed by atoms with Crippen molar-refractivity contribution in [1.29, 1.82) is 0 Å². The maximum atomic E-state index is 13.2. The van der Waals surface area contributed by atoms with Gasteiger partial charge >= 0.3 is 0 Å². The third-order valence-corrected chi connectivity index (χ3v) is 5.93. The zero-order chi connectivity index (χ0) is 20.2. The van der Waals surface area contributed by atoms with E-state index in [1.807, 2.05) is 0 Å². The summed E-state index contributed by atoms with van der Waals surface area (Å²) in [4.78, 5) is 17.1. The molecular formula is C23H27F2N3O. The zero-order valence-electron chi connectivity index (χ0n) is 16.5. The Morgan fingerprint density at radius 2 is 1.86 bits per heavy atom. The Balaban J connectivity index is 1.18. The highest BCUT2D eigenvalue weighted by molar-refractivity contribution is 5.94. The van der Waals surface area contributed by atoms with Gasteiger partial charge in [0.1, 0.15) is 11.6 Å². The molecule has 4 rings (SSSR count). The lowest BCUT2D eigenvalue weighted by atomic mass is 9.94. The first kappa shape index (κ1) is 19.8. The van der Waals surface area contributed by atoms with Crippen molar-refractivity contribution in [3.8, 4) is 0 Å². The molecule has 4 nitrogen and oxygen atoms in total. The van der Waals surface area contributed by atoms with Crippen molar-refractivity contribution in [2.45, 2.75) is 31.7 Å². The molecule has 1 saturated heterocycles. The second-order valence-corrected chi connectivity index (χ2v) is 7.94. The fourth-order valence-corrected chi connectivity index (χ4v) is 4.46. The number of rotatable bonds is 6. The average molecular weight is 399 g/mol. The van der Waals surface area contributed by atoms with E-state index in [-0.39, 0.29) is 5.56 Å². The normalized spacial score (nSPS) is 18.8. The first-order valence-electron chi connectivity index (χ1n) is 10.4. The van der Waals surface area contributed by atoms with Crippen molar-refractivity contribution in [2.75, 3.05) is 37.6 Å². The predicted molar refractivity (Wildman–Crippen MR) is 110 cm³/mol. The van der Waals surface area contributed by atoms with E-state index in [9.17, 15) is 13.6 Å². The lowest BCUT2D eigenvalue weighted by molar-refractivity contribution is 0.0951. The SMILES string of the molecule is O=C(NCCCCN1CCN2c3ccccc3CCC2C1)c1cc(F)cc(F)c1. The van der Waals surface area contributed by atoms with Crippen molar-refractivity contribution in [2.24, 2.45) is 0 Å². The maximum absolute atomic E-state index is 13.2. The minimum Gasteiger partial charge on any atom is -0.366 e. The number of benzene rings is 2. The Morgan fingerprint density at radius 3 is 2.69 bits per heavy atom. The maximum Gasteiger partial charge on any atom is 0.251 e. The number of hydrogen-bond donors (Lipinski definition) is 1. The van der Waals surface area contributed by atoms with Crippen LogP contribution < -0.4 is 10.2 Å². The molecular weight excluding hydrogens is 372 g/mol. The molecule has 0 saturated carbocycles. The molecule has 1 atom stereocenters. The van der Waals surface area contributed by atoms with Crippen LogP contribution >= 0.6 is 0 Å². The quantitative estimate of drug-likeness (QED) is 0.754. The topological polar surface area (TPSA) is 35.6 Å². The van der Waals surface area contributed by atoms with E-state index < -0.39 is 17.5 Å². The van der Waals surface area contributed by atoms with Crippen LogP contribution in [0.4, 0.5) is 14.5 Å². The first-order chi connectivity index (χ1) is 14.1. The van der Waals surface area contributed by atoms with Crippen LogP contribution in [0.25, 0.3) is 0 Å². The number of halogens is 2. The summed E-state index contributed by atoms with van der Waals surface area (Å²) < 4.78 is 26.4. The van der Waals surface area contributed by atoms with E-state index in [0.717, 1.165) is 63.6 Å². The van der Waals surface area contributed by atoms with Crippen molar-refractivity contribution >= 4 is 11.6 Å². The summed E-state index contributed by atoms with van der Waals surface area (Å²) in [7, 11) is 0. The highest BCUT2D eigenvalue weighted by Crippen LogP contribution is 2.32. The Morgan fingerprint density at radius 1 is 1.07 bits per heavy atom. The molecule has 0 aliphatic carbocycles. The third kappa shape index (κ3) is 4.75. The standard InChI is InChI=1S/C23H27F2N3O/c24-19-13-18(14-20(25)15-19)23(29)26-9-3-4-10-27-11-12-28-21(16-27)8-7-17-5-1-2-6-22(17)28/h1-2,5-6,13-15,21H,3-4,7-12,16H2,(H,26,29). The van der Waals surface area contributed by atoms with Gasteiger partial charge in [-0.1, -0.05) is 18.2 Å². The monoisotopic (exact) mass is 399 g/mol. The van der Waals surface area contributed by atoms with E-state index in [1.54, 1.807) is 0 Å². The van der Waals surface area contributed by atoms with Crippen LogP contribution in [0.2, 0.25) is 0 Å². The number of carbonyl (C=O) groups is 1. The summed E-state index contributed by atoms with van der Waals surface area (Å²) in [6, 6.07) is 12.2. The molecule has 2 aliphatic rings. The molecule has 1 fully saturated rings. The van der Waals surface area contributed by atoms with Gasteiger partial charge in [0.2, 0.25) is 0 Å². The van der Waals surface area contributed by atoms with Gasteiger partial charge in [-0.3, -0.25) is 9.69 Å². The molecule has 2 aromatic rings. The largest absolute Gasteiger partial charge is 0.366 e. The van der Waals surface area contributed by atoms with Crippen LogP contribution in [-0.2, 0) is 6.42 Å². The van der Waals surface area contributed by atoms with Crippen LogP contribution in [0.5, 0.6) is 0 Å².